The first kappa shape index (κ1) is 22.5. The fourth-order valence-electron chi connectivity index (χ4n) is 3.05. The number of thioether (sulfide) groups is 1. The molecule has 0 aliphatic rings. The van der Waals surface area contributed by atoms with Crippen LogP contribution in [0.4, 0.5) is 0 Å². The maximum Gasteiger partial charge on any atom is 0.224 e. The van der Waals surface area contributed by atoms with Crippen molar-refractivity contribution in [1.82, 2.24) is 0 Å². The first-order valence-electron chi connectivity index (χ1n) is 10.8. The molecule has 0 spiro atoms. The topological polar surface area (TPSA) is 26.3 Å². The third-order valence-electron chi connectivity index (χ3n) is 4.81. The van der Waals surface area contributed by atoms with Gasteiger partial charge in [0.15, 0.2) is 0 Å². The van der Waals surface area contributed by atoms with Gasteiger partial charge in [0.2, 0.25) is 5.12 Å². The number of hydrogen-bond donors (Lipinski definition) is 0. The minimum Gasteiger partial charge on any atom is -0.494 e. The van der Waals surface area contributed by atoms with Crippen LogP contribution in [-0.2, 0) is 6.42 Å². The Hall–Kier alpha value is -1.74. The van der Waals surface area contributed by atoms with Crippen LogP contribution in [0.5, 0.6) is 5.75 Å². The highest BCUT2D eigenvalue weighted by atomic mass is 32.2. The second-order valence-corrected chi connectivity index (χ2v) is 8.32. The van der Waals surface area contributed by atoms with Gasteiger partial charge in [-0.15, -0.1) is 0 Å². The number of benzene rings is 2. The van der Waals surface area contributed by atoms with Gasteiger partial charge < -0.3 is 4.74 Å². The number of carbonyl (C=O) groups excluding carboxylic acids is 1. The van der Waals surface area contributed by atoms with E-state index in [0.717, 1.165) is 35.7 Å². The van der Waals surface area contributed by atoms with Crippen LogP contribution in [0.2, 0.25) is 0 Å². The van der Waals surface area contributed by atoms with Crippen molar-refractivity contribution in [1.29, 1.82) is 0 Å². The summed E-state index contributed by atoms with van der Waals surface area (Å²) in [6, 6.07) is 15.9. The highest BCUT2D eigenvalue weighted by molar-refractivity contribution is 8.14. The molecule has 0 radical (unpaired) electrons. The normalized spacial score (nSPS) is 10.8. The van der Waals surface area contributed by atoms with Crippen molar-refractivity contribution < 1.29 is 9.53 Å². The molecule has 0 saturated heterocycles. The molecule has 2 rings (SSSR count). The Kier molecular flexibility index (Phi) is 10.8. The maximum atomic E-state index is 12.5. The summed E-state index contributed by atoms with van der Waals surface area (Å²) >= 11 is 1.28. The molecule has 0 heterocycles. The Morgan fingerprint density at radius 3 is 2.07 bits per heavy atom. The molecular weight excluding hydrogens is 364 g/mol. The third-order valence-corrected chi connectivity index (χ3v) is 5.74. The van der Waals surface area contributed by atoms with Gasteiger partial charge in [-0.2, -0.15) is 0 Å². The Bertz CT molecular complexity index is 677. The lowest BCUT2D eigenvalue weighted by atomic mass is 10.1. The minimum absolute atomic E-state index is 0.0887. The molecule has 2 aromatic rings. The van der Waals surface area contributed by atoms with E-state index in [1.807, 2.05) is 36.4 Å². The van der Waals surface area contributed by atoms with Gasteiger partial charge in [0.25, 0.3) is 0 Å². The van der Waals surface area contributed by atoms with Gasteiger partial charge in [0.05, 0.1) is 6.61 Å². The van der Waals surface area contributed by atoms with Crippen LogP contribution >= 0.6 is 11.8 Å². The van der Waals surface area contributed by atoms with Crippen molar-refractivity contribution in [3.05, 3.63) is 59.7 Å². The molecule has 0 unspecified atom stereocenters. The van der Waals surface area contributed by atoms with E-state index < -0.39 is 0 Å². The predicted octanol–water partition coefficient (Wildman–Crippen LogP) is 7.70. The van der Waals surface area contributed by atoms with Crippen molar-refractivity contribution >= 4 is 16.9 Å². The summed E-state index contributed by atoms with van der Waals surface area (Å²) in [5.41, 5.74) is 2.08. The molecular formula is C25H34O2S. The van der Waals surface area contributed by atoms with Crippen LogP contribution in [0.25, 0.3) is 0 Å². The van der Waals surface area contributed by atoms with E-state index in [2.05, 4.69) is 26.0 Å². The zero-order valence-corrected chi connectivity index (χ0v) is 18.2. The van der Waals surface area contributed by atoms with Crippen molar-refractivity contribution in [2.24, 2.45) is 0 Å². The lowest BCUT2D eigenvalue weighted by Gasteiger charge is -2.07. The molecule has 2 aromatic carbocycles. The van der Waals surface area contributed by atoms with Crippen molar-refractivity contribution in [2.45, 2.75) is 76.5 Å². The van der Waals surface area contributed by atoms with Crippen LogP contribution in [0.15, 0.2) is 53.4 Å². The summed E-state index contributed by atoms with van der Waals surface area (Å²) in [6.07, 6.45) is 11.0. The van der Waals surface area contributed by atoms with E-state index in [0.29, 0.717) is 0 Å². The summed E-state index contributed by atoms with van der Waals surface area (Å²) in [6.45, 7) is 5.20. The SMILES string of the molecule is CCCCCCOc1ccc(SC(=O)c2ccc(CCCCCC)cc2)cc1. The Balaban J connectivity index is 1.77. The summed E-state index contributed by atoms with van der Waals surface area (Å²) in [4.78, 5) is 13.5. The molecule has 0 aliphatic heterocycles. The zero-order chi connectivity index (χ0) is 20.0. The summed E-state index contributed by atoms with van der Waals surface area (Å²) in [5, 5.41) is 0.0887. The molecule has 0 bridgehead atoms. The van der Waals surface area contributed by atoms with Crippen molar-refractivity contribution in [3.63, 3.8) is 0 Å². The fraction of sp³-hybridized carbons (Fsp3) is 0.480. The number of hydrogen-bond acceptors (Lipinski definition) is 3. The Labute approximate surface area is 175 Å². The molecule has 0 aliphatic carbocycles. The molecule has 0 atom stereocenters. The molecule has 3 heteroatoms. The first-order chi connectivity index (χ1) is 13.7. The van der Waals surface area contributed by atoms with Gasteiger partial charge >= 0.3 is 0 Å². The van der Waals surface area contributed by atoms with Gasteiger partial charge in [0, 0.05) is 10.5 Å². The number of aryl methyl sites for hydroxylation is 1. The van der Waals surface area contributed by atoms with E-state index >= 15 is 0 Å². The van der Waals surface area contributed by atoms with Gasteiger partial charge in [0.1, 0.15) is 5.75 Å². The standard InChI is InChI=1S/C25H34O2S/c1-3-5-7-9-11-21-12-14-22(15-13-21)25(26)28-24-18-16-23(17-19-24)27-20-10-8-6-4-2/h12-19H,3-11,20H2,1-2H3. The smallest absolute Gasteiger partial charge is 0.224 e. The lowest BCUT2D eigenvalue weighted by Crippen LogP contribution is -1.97. The van der Waals surface area contributed by atoms with Crippen LogP contribution in [0, 0.1) is 0 Å². The second-order valence-electron chi connectivity index (χ2n) is 7.28. The highest BCUT2D eigenvalue weighted by Crippen LogP contribution is 2.25. The first-order valence-corrected chi connectivity index (χ1v) is 11.6. The Morgan fingerprint density at radius 1 is 0.786 bits per heavy atom. The molecule has 28 heavy (non-hydrogen) atoms. The average molecular weight is 399 g/mol. The minimum atomic E-state index is 0.0887. The lowest BCUT2D eigenvalue weighted by molar-refractivity contribution is 0.108. The quantitative estimate of drug-likeness (QED) is 0.255. The second kappa shape index (κ2) is 13.4. The zero-order valence-electron chi connectivity index (χ0n) is 17.4. The van der Waals surface area contributed by atoms with E-state index in [4.69, 9.17) is 4.74 Å². The van der Waals surface area contributed by atoms with Gasteiger partial charge in [-0.05, 0) is 60.9 Å². The molecule has 0 amide bonds. The van der Waals surface area contributed by atoms with Gasteiger partial charge in [-0.3, -0.25) is 4.79 Å². The molecule has 0 N–H and O–H groups in total. The monoisotopic (exact) mass is 398 g/mol. The average Bonchev–Trinajstić information content (AvgIpc) is 2.73. The molecule has 0 fully saturated rings. The number of rotatable bonds is 13. The van der Waals surface area contributed by atoms with E-state index in [1.54, 1.807) is 0 Å². The van der Waals surface area contributed by atoms with E-state index in [-0.39, 0.29) is 5.12 Å². The van der Waals surface area contributed by atoms with Crippen LogP contribution < -0.4 is 4.74 Å². The van der Waals surface area contributed by atoms with Crippen molar-refractivity contribution in [3.8, 4) is 5.75 Å². The number of carbonyl (C=O) groups is 1. The predicted molar refractivity (Wildman–Crippen MR) is 121 cm³/mol. The maximum absolute atomic E-state index is 12.5. The van der Waals surface area contributed by atoms with E-state index in [1.165, 1.54) is 62.3 Å². The Morgan fingerprint density at radius 2 is 1.43 bits per heavy atom. The molecule has 0 aromatic heterocycles. The van der Waals surface area contributed by atoms with E-state index in [9.17, 15) is 4.79 Å². The molecule has 152 valence electrons. The third kappa shape index (κ3) is 8.52. The van der Waals surface area contributed by atoms with Gasteiger partial charge in [-0.1, -0.05) is 76.6 Å². The number of unbranched alkanes of at least 4 members (excludes halogenated alkanes) is 6. The molecule has 0 saturated carbocycles. The summed E-state index contributed by atoms with van der Waals surface area (Å²) in [5.74, 6) is 0.876. The molecule has 2 nitrogen and oxygen atoms in total. The number of ether oxygens (including phenoxy) is 1. The van der Waals surface area contributed by atoms with Crippen molar-refractivity contribution in [2.75, 3.05) is 6.61 Å². The summed E-state index contributed by atoms with van der Waals surface area (Å²) < 4.78 is 5.76. The largest absolute Gasteiger partial charge is 0.494 e. The fourth-order valence-corrected chi connectivity index (χ4v) is 3.79. The van der Waals surface area contributed by atoms with Crippen LogP contribution in [0.1, 0.15) is 81.1 Å². The van der Waals surface area contributed by atoms with Crippen LogP contribution in [0.3, 0.4) is 0 Å². The summed E-state index contributed by atoms with van der Waals surface area (Å²) in [7, 11) is 0. The van der Waals surface area contributed by atoms with Crippen LogP contribution in [-0.4, -0.2) is 11.7 Å². The highest BCUT2D eigenvalue weighted by Gasteiger charge is 2.08. The van der Waals surface area contributed by atoms with Gasteiger partial charge in [-0.25, -0.2) is 0 Å².